The molecule has 4 rings (SSSR count). The van der Waals surface area contributed by atoms with Crippen molar-refractivity contribution in [3.05, 3.63) is 71.4 Å². The summed E-state index contributed by atoms with van der Waals surface area (Å²) in [5.41, 5.74) is 3.06. The molecular formula is C31H31NO11. The zero-order valence-corrected chi connectivity index (χ0v) is 24.4. The fourth-order valence-corrected chi connectivity index (χ4v) is 4.49. The molecule has 0 aliphatic rings. The minimum atomic E-state index is -1.51. The lowest BCUT2D eigenvalue weighted by Gasteiger charge is -2.16. The van der Waals surface area contributed by atoms with Crippen molar-refractivity contribution in [3.63, 3.8) is 0 Å². The number of benzene rings is 3. The Labute approximate surface area is 247 Å². The molecule has 0 spiro atoms. The van der Waals surface area contributed by atoms with Crippen LogP contribution in [0.2, 0.25) is 0 Å². The van der Waals surface area contributed by atoms with Crippen molar-refractivity contribution in [2.75, 3.05) is 42.7 Å². The van der Waals surface area contributed by atoms with Crippen LogP contribution in [0.4, 0.5) is 0 Å². The highest BCUT2D eigenvalue weighted by atomic mass is 16.5. The van der Waals surface area contributed by atoms with E-state index in [-0.39, 0.29) is 0 Å². The van der Waals surface area contributed by atoms with Crippen LogP contribution in [0.25, 0.3) is 21.7 Å². The minimum absolute atomic E-state index is 0.410. The lowest BCUT2D eigenvalue weighted by molar-refractivity contribution is -0.354. The van der Waals surface area contributed by atoms with E-state index in [9.17, 15) is 19.5 Å². The third-order valence-corrected chi connectivity index (χ3v) is 6.34. The van der Waals surface area contributed by atoms with E-state index in [2.05, 4.69) is 4.98 Å². The van der Waals surface area contributed by atoms with Gasteiger partial charge in [0.1, 0.15) is 0 Å². The van der Waals surface area contributed by atoms with Gasteiger partial charge in [-0.15, -0.1) is 0 Å². The Morgan fingerprint density at radius 1 is 0.767 bits per heavy atom. The Bertz CT molecular complexity index is 1680. The number of carbonyl (C=O) groups is 3. The number of carbonyl (C=O) groups excluding carboxylic acids is 2. The van der Waals surface area contributed by atoms with Crippen molar-refractivity contribution < 1.29 is 58.0 Å². The molecule has 4 aromatic rings. The number of carboxylic acids is 2. The molecule has 12 heteroatoms. The summed E-state index contributed by atoms with van der Waals surface area (Å²) >= 11 is 0. The maximum atomic E-state index is 12.2. The van der Waals surface area contributed by atoms with Gasteiger partial charge in [0.25, 0.3) is 0 Å². The summed E-state index contributed by atoms with van der Waals surface area (Å²) in [5.74, 6) is -0.348. The number of pyridine rings is 1. The molecule has 0 atom stereocenters. The van der Waals surface area contributed by atoms with Gasteiger partial charge >= 0.3 is 11.9 Å². The lowest BCUT2D eigenvalue weighted by Crippen LogP contribution is -2.19. The van der Waals surface area contributed by atoms with Crippen LogP contribution < -0.4 is 33.8 Å². The predicted molar refractivity (Wildman–Crippen MR) is 153 cm³/mol. The van der Waals surface area contributed by atoms with E-state index in [1.54, 1.807) is 47.7 Å². The van der Waals surface area contributed by atoms with Crippen LogP contribution >= 0.6 is 0 Å². The maximum absolute atomic E-state index is 12.2. The molecule has 0 saturated heterocycles. The molecule has 12 nitrogen and oxygen atoms in total. The van der Waals surface area contributed by atoms with Gasteiger partial charge in [0, 0.05) is 17.5 Å². The first kappa shape index (κ1) is 32.0. The summed E-state index contributed by atoms with van der Waals surface area (Å²) in [6, 6.07) is 13.1. The summed E-state index contributed by atoms with van der Waals surface area (Å²) in [7, 11) is 9.33. The molecule has 1 aromatic heterocycles. The molecule has 0 fully saturated rings. The van der Waals surface area contributed by atoms with Crippen LogP contribution in [0.5, 0.6) is 28.7 Å². The van der Waals surface area contributed by atoms with E-state index >= 15 is 0 Å². The van der Waals surface area contributed by atoms with Gasteiger partial charge in [-0.1, -0.05) is 6.07 Å². The second kappa shape index (κ2) is 14.4. The zero-order chi connectivity index (χ0) is 31.7. The van der Waals surface area contributed by atoms with Crippen LogP contribution in [0.15, 0.2) is 54.6 Å². The van der Waals surface area contributed by atoms with Crippen LogP contribution in [-0.2, 0) is 20.7 Å². The number of hydrogen-bond acceptors (Lipinski definition) is 10. The molecule has 43 heavy (non-hydrogen) atoms. The van der Waals surface area contributed by atoms with Crippen LogP contribution in [0.3, 0.4) is 0 Å². The highest BCUT2D eigenvalue weighted by Gasteiger charge is 2.26. The van der Waals surface area contributed by atoms with Crippen LogP contribution in [-0.4, -0.2) is 65.7 Å². The van der Waals surface area contributed by atoms with Gasteiger partial charge in [0.15, 0.2) is 28.7 Å². The number of ether oxygens (including phenoxy) is 6. The monoisotopic (exact) mass is 593 g/mol. The summed E-state index contributed by atoms with van der Waals surface area (Å²) in [6.45, 7) is 0. The molecule has 0 saturated carbocycles. The quantitative estimate of drug-likeness (QED) is 0.163. The first-order chi connectivity index (χ1) is 20.6. The molecule has 0 aliphatic heterocycles. The number of esters is 1. The Hall–Kier alpha value is -5.52. The molecule has 0 amide bonds. The summed E-state index contributed by atoms with van der Waals surface area (Å²) in [6.07, 6.45) is 1.46. The van der Waals surface area contributed by atoms with E-state index < -0.39 is 17.9 Å². The third-order valence-electron chi connectivity index (χ3n) is 6.34. The highest BCUT2D eigenvalue weighted by molar-refractivity contribution is 6.10. The van der Waals surface area contributed by atoms with Crippen LogP contribution in [0.1, 0.15) is 21.6 Å². The number of fused-ring (bicyclic) bond motifs is 3. The van der Waals surface area contributed by atoms with Gasteiger partial charge in [-0.25, -0.2) is 14.6 Å². The molecule has 1 heterocycles. The number of H-pyrrole nitrogens is 1. The highest BCUT2D eigenvalue weighted by Crippen LogP contribution is 2.46. The zero-order valence-electron chi connectivity index (χ0n) is 24.4. The fraction of sp³-hybridized carbons (Fsp3) is 0.226. The average Bonchev–Trinajstić information content (AvgIpc) is 3.02. The molecule has 0 radical (unpaired) electrons. The molecular weight excluding hydrogens is 562 g/mol. The number of rotatable bonds is 10. The second-order valence-corrected chi connectivity index (χ2v) is 8.78. The largest absolute Gasteiger partial charge is 0.545 e. The number of hydrogen-bond donors (Lipinski definition) is 1. The third kappa shape index (κ3) is 7.22. The topological polar surface area (TPSA) is 164 Å². The number of aromatic amines is 1. The lowest BCUT2D eigenvalue weighted by atomic mass is 9.97. The first-order valence-corrected chi connectivity index (χ1v) is 12.6. The smallest absolute Gasteiger partial charge is 0.338 e. The van der Waals surface area contributed by atoms with Gasteiger partial charge < -0.3 is 43.4 Å². The van der Waals surface area contributed by atoms with Crippen molar-refractivity contribution in [1.82, 2.24) is 0 Å². The van der Waals surface area contributed by atoms with E-state index in [0.29, 0.717) is 52.9 Å². The van der Waals surface area contributed by atoms with Gasteiger partial charge in [0.2, 0.25) is 11.3 Å². The summed E-state index contributed by atoms with van der Waals surface area (Å²) in [4.78, 5) is 34.7. The molecule has 0 unspecified atom stereocenters. The standard InChI is InChI=1S/C27H27NO7.C4H4O4/c1-30-21-10-7-15(12-22(21)31-2)11-20-24-18(14-23(32-3)25(33-4)26(24)34-5)17-9-8-16(27(29)35-6)13-19(17)28-20;5-3(6)1-2-4(7)8/h7-10,12-14H,11H2,1-6H3;1-2H,(H,5,6)(H,7,8)/b;2-1-. The molecule has 2 N–H and O–H groups in total. The summed E-state index contributed by atoms with van der Waals surface area (Å²) < 4.78 is 32.9. The minimum Gasteiger partial charge on any atom is -0.545 e. The first-order valence-electron chi connectivity index (χ1n) is 12.6. The van der Waals surface area contributed by atoms with E-state index in [1.165, 1.54) is 7.11 Å². The average molecular weight is 594 g/mol. The number of carboxylic acid groups (broad SMARTS) is 2. The van der Waals surface area contributed by atoms with Crippen molar-refractivity contribution in [2.45, 2.75) is 6.42 Å². The molecule has 226 valence electrons. The predicted octanol–water partition coefficient (Wildman–Crippen LogP) is 2.60. The molecule has 0 aliphatic carbocycles. The van der Waals surface area contributed by atoms with Crippen molar-refractivity contribution in [2.24, 2.45) is 0 Å². The number of aromatic nitrogens is 1. The molecule has 0 bridgehead atoms. The Morgan fingerprint density at radius 2 is 1.44 bits per heavy atom. The van der Waals surface area contributed by atoms with Crippen molar-refractivity contribution >= 4 is 39.6 Å². The van der Waals surface area contributed by atoms with E-state index in [4.69, 9.17) is 33.5 Å². The van der Waals surface area contributed by atoms with Gasteiger partial charge in [-0.3, -0.25) is 0 Å². The molecule has 3 aromatic carbocycles. The Kier molecular flexibility index (Phi) is 10.7. The van der Waals surface area contributed by atoms with Crippen LogP contribution in [0, 0.1) is 0 Å². The number of methoxy groups -OCH3 is 6. The van der Waals surface area contributed by atoms with Gasteiger partial charge in [-0.05, 0) is 42.0 Å². The number of nitrogens with one attached hydrogen (secondary N) is 1. The fourth-order valence-electron chi connectivity index (χ4n) is 4.49. The van der Waals surface area contributed by atoms with Gasteiger partial charge in [-0.2, -0.15) is 0 Å². The van der Waals surface area contributed by atoms with Gasteiger partial charge in [0.05, 0.1) is 71.4 Å². The SMILES string of the molecule is COC(=O)c1ccc2c(c1)[nH+]c(Cc1ccc(OC)c(OC)c1)c1c(OC)c(OC)c(OC)cc12.O=C([O-])/C=C\C(=O)O. The Morgan fingerprint density at radius 3 is 1.98 bits per heavy atom. The normalized spacial score (nSPS) is 10.6. The maximum Gasteiger partial charge on any atom is 0.338 e. The van der Waals surface area contributed by atoms with Crippen molar-refractivity contribution in [1.29, 1.82) is 0 Å². The van der Waals surface area contributed by atoms with E-state index in [1.807, 2.05) is 30.3 Å². The Balaban J connectivity index is 0.000000557. The number of aliphatic carboxylic acids is 2. The van der Waals surface area contributed by atoms with Crippen molar-refractivity contribution in [3.8, 4) is 28.7 Å². The van der Waals surface area contributed by atoms with E-state index in [0.717, 1.165) is 32.9 Å². The second-order valence-electron chi connectivity index (χ2n) is 8.78. The summed E-state index contributed by atoms with van der Waals surface area (Å²) in [5, 5.41) is 19.9.